The largest absolute Gasteiger partial charge is 0.363 e. The van der Waals surface area contributed by atoms with E-state index in [1.807, 2.05) is 0 Å². The molecule has 1 heterocycles. The molecule has 0 atom stereocenters. The fourth-order valence-electron chi connectivity index (χ4n) is 0.645. The summed E-state index contributed by atoms with van der Waals surface area (Å²) in [5.41, 5.74) is 6.05. The van der Waals surface area contributed by atoms with Gasteiger partial charge in [0.1, 0.15) is 6.20 Å². The lowest BCUT2D eigenvalue weighted by molar-refractivity contribution is -0.389. The third-order valence-electron chi connectivity index (χ3n) is 1.23. The van der Waals surface area contributed by atoms with Crippen molar-refractivity contribution in [3.63, 3.8) is 0 Å². The Morgan fingerprint density at radius 2 is 2.36 bits per heavy atom. The molecule has 0 amide bonds. The first-order valence-corrected chi connectivity index (χ1v) is 3.03. The molecule has 1 aromatic rings. The van der Waals surface area contributed by atoms with Crippen molar-refractivity contribution in [3.8, 4) is 0 Å². The van der Waals surface area contributed by atoms with Gasteiger partial charge in [0.25, 0.3) is 0 Å². The summed E-state index contributed by atoms with van der Waals surface area (Å²) in [5, 5.41) is 10.1. The summed E-state index contributed by atoms with van der Waals surface area (Å²) in [6.45, 7) is 0.352. The van der Waals surface area contributed by atoms with Crippen LogP contribution in [0.1, 0.15) is 5.56 Å². The minimum Gasteiger partial charge on any atom is -0.358 e. The Morgan fingerprint density at radius 3 is 2.73 bits per heavy atom. The van der Waals surface area contributed by atoms with E-state index in [-0.39, 0.29) is 5.82 Å². The van der Waals surface area contributed by atoms with Crippen molar-refractivity contribution in [1.29, 1.82) is 0 Å². The molecule has 5 heteroatoms. The van der Waals surface area contributed by atoms with Gasteiger partial charge in [-0.3, -0.25) is 0 Å². The fourth-order valence-corrected chi connectivity index (χ4v) is 0.645. The highest BCUT2D eigenvalue weighted by atomic mass is 16.6. The van der Waals surface area contributed by atoms with E-state index in [0.717, 1.165) is 5.56 Å². The second kappa shape index (κ2) is 3.07. The molecule has 0 aromatic carbocycles. The van der Waals surface area contributed by atoms with E-state index in [2.05, 4.69) is 4.98 Å². The quantitative estimate of drug-likeness (QED) is 0.494. The molecule has 1 rings (SSSR count). The highest BCUT2D eigenvalue weighted by Gasteiger charge is 2.04. The number of pyridine rings is 1. The van der Waals surface area contributed by atoms with Crippen LogP contribution in [0.25, 0.3) is 0 Å². The molecule has 0 radical (unpaired) electrons. The van der Waals surface area contributed by atoms with Gasteiger partial charge in [0.2, 0.25) is 0 Å². The van der Waals surface area contributed by atoms with E-state index >= 15 is 0 Å². The topological polar surface area (TPSA) is 82.0 Å². The van der Waals surface area contributed by atoms with Crippen LogP contribution in [0, 0.1) is 10.1 Å². The molecule has 0 fully saturated rings. The van der Waals surface area contributed by atoms with Crippen LogP contribution in [0.4, 0.5) is 5.82 Å². The van der Waals surface area contributed by atoms with E-state index in [1.165, 1.54) is 12.3 Å². The first-order chi connectivity index (χ1) is 5.24. The highest BCUT2D eigenvalue weighted by molar-refractivity contribution is 5.22. The van der Waals surface area contributed by atoms with E-state index in [9.17, 15) is 10.1 Å². The summed E-state index contributed by atoms with van der Waals surface area (Å²) in [6.07, 6.45) is 1.40. The van der Waals surface area contributed by atoms with Crippen molar-refractivity contribution < 1.29 is 4.92 Å². The Balaban J connectivity index is 2.91. The second-order valence-corrected chi connectivity index (χ2v) is 1.99. The first kappa shape index (κ1) is 7.62. The zero-order valence-electron chi connectivity index (χ0n) is 5.73. The van der Waals surface area contributed by atoms with Gasteiger partial charge in [0, 0.05) is 18.2 Å². The van der Waals surface area contributed by atoms with Crippen LogP contribution < -0.4 is 5.73 Å². The third-order valence-corrected chi connectivity index (χ3v) is 1.23. The minimum atomic E-state index is -0.541. The van der Waals surface area contributed by atoms with E-state index in [4.69, 9.17) is 5.73 Å². The van der Waals surface area contributed by atoms with Crippen LogP contribution in [0.3, 0.4) is 0 Å². The van der Waals surface area contributed by atoms with Gasteiger partial charge in [0.05, 0.1) is 0 Å². The molecule has 0 spiro atoms. The molecule has 11 heavy (non-hydrogen) atoms. The smallest absolute Gasteiger partial charge is 0.358 e. The fraction of sp³-hybridized carbons (Fsp3) is 0.167. The number of nitrogens with zero attached hydrogens (tertiary/aromatic N) is 2. The SMILES string of the molecule is NCc1ccc([N+](=O)[O-])nc1. The van der Waals surface area contributed by atoms with Crippen LogP contribution in [0.5, 0.6) is 0 Å². The van der Waals surface area contributed by atoms with Gasteiger partial charge in [0.15, 0.2) is 0 Å². The summed E-state index contributed by atoms with van der Waals surface area (Å²) in [5.74, 6) is -0.151. The maximum Gasteiger partial charge on any atom is 0.363 e. The van der Waals surface area contributed by atoms with Crippen molar-refractivity contribution in [3.05, 3.63) is 34.0 Å². The minimum absolute atomic E-state index is 0.151. The molecular formula is C6H7N3O2. The lowest BCUT2D eigenvalue weighted by atomic mass is 10.3. The molecule has 2 N–H and O–H groups in total. The van der Waals surface area contributed by atoms with Crippen LogP contribution in [-0.2, 0) is 6.54 Å². The Morgan fingerprint density at radius 1 is 1.64 bits per heavy atom. The zero-order valence-corrected chi connectivity index (χ0v) is 5.73. The first-order valence-electron chi connectivity index (χ1n) is 3.03. The lowest BCUT2D eigenvalue weighted by Crippen LogP contribution is -1.98. The number of hydrogen-bond donors (Lipinski definition) is 1. The molecule has 58 valence electrons. The molecule has 0 saturated carbocycles. The normalized spacial score (nSPS) is 9.55. The van der Waals surface area contributed by atoms with Gasteiger partial charge >= 0.3 is 5.82 Å². The van der Waals surface area contributed by atoms with Gasteiger partial charge < -0.3 is 15.8 Å². The summed E-state index contributed by atoms with van der Waals surface area (Å²) < 4.78 is 0. The average Bonchev–Trinajstić information content (AvgIpc) is 2.05. The molecule has 1 aromatic heterocycles. The van der Waals surface area contributed by atoms with Gasteiger partial charge in [-0.15, -0.1) is 0 Å². The number of rotatable bonds is 2. The van der Waals surface area contributed by atoms with Crippen molar-refractivity contribution in [2.45, 2.75) is 6.54 Å². The molecule has 0 aliphatic heterocycles. The van der Waals surface area contributed by atoms with Crippen LogP contribution >= 0.6 is 0 Å². The van der Waals surface area contributed by atoms with Gasteiger partial charge in [-0.1, -0.05) is 0 Å². The van der Waals surface area contributed by atoms with Crippen LogP contribution in [-0.4, -0.2) is 9.91 Å². The summed E-state index contributed by atoms with van der Waals surface area (Å²) in [6, 6.07) is 2.92. The monoisotopic (exact) mass is 153 g/mol. The second-order valence-electron chi connectivity index (χ2n) is 1.99. The summed E-state index contributed by atoms with van der Waals surface area (Å²) in [7, 11) is 0. The number of aromatic nitrogens is 1. The summed E-state index contributed by atoms with van der Waals surface area (Å²) >= 11 is 0. The average molecular weight is 153 g/mol. The summed E-state index contributed by atoms with van der Waals surface area (Å²) in [4.78, 5) is 13.1. The predicted octanol–water partition coefficient (Wildman–Crippen LogP) is 0.448. The molecule has 0 aliphatic rings. The number of hydrogen-bond acceptors (Lipinski definition) is 4. The molecule has 5 nitrogen and oxygen atoms in total. The number of nitro groups is 1. The lowest BCUT2D eigenvalue weighted by Gasteiger charge is -1.92. The Labute approximate surface area is 63.0 Å². The van der Waals surface area contributed by atoms with E-state index in [1.54, 1.807) is 6.07 Å². The Hall–Kier alpha value is -1.49. The Kier molecular flexibility index (Phi) is 2.12. The third kappa shape index (κ3) is 1.71. The highest BCUT2D eigenvalue weighted by Crippen LogP contribution is 2.06. The standard InChI is InChI=1S/C6H7N3O2/c7-3-5-1-2-6(8-4-5)9(10)11/h1-2,4H,3,7H2. The zero-order chi connectivity index (χ0) is 8.27. The van der Waals surface area contributed by atoms with Crippen LogP contribution in [0.2, 0.25) is 0 Å². The Bertz CT molecular complexity index is 257. The molecule has 0 saturated heterocycles. The van der Waals surface area contributed by atoms with Gasteiger partial charge in [-0.05, 0) is 16.0 Å². The van der Waals surface area contributed by atoms with Crippen molar-refractivity contribution in [2.75, 3.05) is 0 Å². The van der Waals surface area contributed by atoms with Crippen molar-refractivity contribution >= 4 is 5.82 Å². The van der Waals surface area contributed by atoms with Gasteiger partial charge in [-0.2, -0.15) is 0 Å². The predicted molar refractivity (Wildman–Crippen MR) is 38.8 cm³/mol. The van der Waals surface area contributed by atoms with Gasteiger partial charge in [-0.25, -0.2) is 0 Å². The van der Waals surface area contributed by atoms with Crippen molar-refractivity contribution in [1.82, 2.24) is 4.98 Å². The number of nitrogens with two attached hydrogens (primary N) is 1. The molecule has 0 aliphatic carbocycles. The van der Waals surface area contributed by atoms with E-state index in [0.29, 0.717) is 6.54 Å². The van der Waals surface area contributed by atoms with Crippen LogP contribution in [0.15, 0.2) is 18.3 Å². The molecule has 0 unspecified atom stereocenters. The van der Waals surface area contributed by atoms with Crippen molar-refractivity contribution in [2.24, 2.45) is 5.73 Å². The maximum absolute atomic E-state index is 10.1. The van der Waals surface area contributed by atoms with E-state index < -0.39 is 4.92 Å². The molecular weight excluding hydrogens is 146 g/mol. The maximum atomic E-state index is 10.1. The molecule has 0 bridgehead atoms.